The zero-order valence-corrected chi connectivity index (χ0v) is 20.9. The van der Waals surface area contributed by atoms with E-state index in [4.69, 9.17) is 4.74 Å². The smallest absolute Gasteiger partial charge is 0.261 e. The number of hydrogen-bond donors (Lipinski definition) is 2. The summed E-state index contributed by atoms with van der Waals surface area (Å²) in [5.41, 5.74) is 5.13. The van der Waals surface area contributed by atoms with E-state index < -0.39 is 10.0 Å². The first-order valence-corrected chi connectivity index (χ1v) is 13.5. The average Bonchev–Trinajstić information content (AvgIpc) is 3.34. The van der Waals surface area contributed by atoms with Crippen molar-refractivity contribution in [2.24, 2.45) is 11.8 Å². The molecule has 2 heterocycles. The molecule has 6 nitrogen and oxygen atoms in total. The number of sulfonamides is 1. The highest BCUT2D eigenvalue weighted by Gasteiger charge is 2.42. The van der Waals surface area contributed by atoms with Gasteiger partial charge in [0.1, 0.15) is 0 Å². The van der Waals surface area contributed by atoms with E-state index in [-0.39, 0.29) is 34.7 Å². The lowest BCUT2D eigenvalue weighted by Crippen LogP contribution is -2.29. The Morgan fingerprint density at radius 1 is 1.03 bits per heavy atom. The number of rotatable bonds is 6. The molecule has 7 heteroatoms. The molecule has 5 rings (SSSR count). The molecular weight excluding hydrogens is 460 g/mol. The summed E-state index contributed by atoms with van der Waals surface area (Å²) in [5.74, 6) is 0.254. The van der Waals surface area contributed by atoms with Crippen molar-refractivity contribution in [1.29, 1.82) is 0 Å². The van der Waals surface area contributed by atoms with Crippen LogP contribution >= 0.6 is 0 Å². The zero-order chi connectivity index (χ0) is 24.7. The van der Waals surface area contributed by atoms with Crippen LogP contribution in [0.2, 0.25) is 0 Å². The Labute approximate surface area is 206 Å². The number of hydrogen-bond acceptors (Lipinski definition) is 5. The zero-order valence-electron chi connectivity index (χ0n) is 20.1. The first-order valence-electron chi connectivity index (χ1n) is 12.0. The van der Waals surface area contributed by atoms with E-state index in [9.17, 15) is 13.2 Å². The van der Waals surface area contributed by atoms with E-state index in [1.54, 1.807) is 24.3 Å². The fraction of sp³-hybridized carbons (Fsp3) is 0.321. The molecule has 0 spiro atoms. The van der Waals surface area contributed by atoms with E-state index in [0.717, 1.165) is 34.4 Å². The largest absolute Gasteiger partial charge is 0.378 e. The van der Waals surface area contributed by atoms with Gasteiger partial charge < -0.3 is 10.1 Å². The molecule has 1 saturated heterocycles. The van der Waals surface area contributed by atoms with Gasteiger partial charge in [-0.05, 0) is 49.2 Å². The predicted molar refractivity (Wildman–Crippen MR) is 137 cm³/mol. The van der Waals surface area contributed by atoms with Crippen molar-refractivity contribution in [3.63, 3.8) is 0 Å². The SMILES string of the molecule is Cc1ccc(NS(=O)(=O)c2ccc3c(c2)C2OCCC2C(c2ccc(C(=O)C(C)C)cc2)N3)cc1. The first-order chi connectivity index (χ1) is 16.7. The predicted octanol–water partition coefficient (Wildman–Crippen LogP) is 5.88. The van der Waals surface area contributed by atoms with E-state index in [2.05, 4.69) is 10.0 Å². The van der Waals surface area contributed by atoms with Gasteiger partial charge in [-0.15, -0.1) is 0 Å². The van der Waals surface area contributed by atoms with Crippen molar-refractivity contribution in [3.8, 4) is 0 Å². The number of ether oxygens (including phenoxy) is 1. The number of anilines is 2. The minimum Gasteiger partial charge on any atom is -0.378 e. The van der Waals surface area contributed by atoms with Crippen LogP contribution in [0.25, 0.3) is 0 Å². The average molecular weight is 491 g/mol. The van der Waals surface area contributed by atoms with Crippen LogP contribution in [0.15, 0.2) is 71.6 Å². The van der Waals surface area contributed by atoms with Crippen LogP contribution < -0.4 is 10.0 Å². The highest BCUT2D eigenvalue weighted by atomic mass is 32.2. The van der Waals surface area contributed by atoms with E-state index in [1.165, 1.54) is 0 Å². The lowest BCUT2D eigenvalue weighted by atomic mass is 9.81. The summed E-state index contributed by atoms with van der Waals surface area (Å²) >= 11 is 0. The second-order valence-electron chi connectivity index (χ2n) is 9.73. The topological polar surface area (TPSA) is 84.5 Å². The molecule has 3 unspecified atom stereocenters. The molecule has 0 aliphatic carbocycles. The number of fused-ring (bicyclic) bond motifs is 3. The molecule has 0 amide bonds. The van der Waals surface area contributed by atoms with Crippen molar-refractivity contribution in [2.75, 3.05) is 16.6 Å². The van der Waals surface area contributed by atoms with Crippen LogP contribution in [-0.4, -0.2) is 20.8 Å². The third-order valence-electron chi connectivity index (χ3n) is 6.90. The Morgan fingerprint density at radius 3 is 2.43 bits per heavy atom. The second kappa shape index (κ2) is 9.13. The molecule has 2 N–H and O–H groups in total. The fourth-order valence-electron chi connectivity index (χ4n) is 4.97. The lowest BCUT2D eigenvalue weighted by Gasteiger charge is -2.36. The number of Topliss-reactive ketones (excluding diaryl/α,β-unsaturated/α-hetero) is 1. The number of carbonyl (C=O) groups excluding carboxylic acids is 1. The van der Waals surface area contributed by atoms with Gasteiger partial charge in [0, 0.05) is 40.9 Å². The maximum atomic E-state index is 13.1. The van der Waals surface area contributed by atoms with Crippen molar-refractivity contribution in [2.45, 2.75) is 44.2 Å². The normalized spacial score (nSPS) is 21.2. The van der Waals surface area contributed by atoms with Crippen LogP contribution in [0, 0.1) is 18.8 Å². The molecule has 182 valence electrons. The summed E-state index contributed by atoms with van der Waals surface area (Å²) < 4.78 is 35.0. The maximum Gasteiger partial charge on any atom is 0.261 e. The standard InChI is InChI=1S/C28H30N2O4S/c1-17(2)27(31)20-8-6-19(7-9-20)26-23-14-15-34-28(23)24-16-22(12-13-25(24)29-26)35(32,33)30-21-10-4-18(3)5-11-21/h4-13,16-17,23,26,28-30H,14-15H2,1-3H3. The van der Waals surface area contributed by atoms with Crippen LogP contribution in [0.1, 0.15) is 59.5 Å². The van der Waals surface area contributed by atoms with Crippen molar-refractivity contribution < 1.29 is 17.9 Å². The highest BCUT2D eigenvalue weighted by molar-refractivity contribution is 7.92. The fourth-order valence-corrected chi connectivity index (χ4v) is 6.07. The molecule has 3 aromatic rings. The maximum absolute atomic E-state index is 13.1. The van der Waals surface area contributed by atoms with Crippen LogP contribution in [0.5, 0.6) is 0 Å². The van der Waals surface area contributed by atoms with E-state index in [1.807, 2.05) is 63.2 Å². The Bertz CT molecular complexity index is 1350. The molecule has 0 radical (unpaired) electrons. The third-order valence-corrected chi connectivity index (χ3v) is 8.28. The molecule has 3 aromatic carbocycles. The number of aryl methyl sites for hydroxylation is 1. The molecule has 2 aliphatic heterocycles. The lowest BCUT2D eigenvalue weighted by molar-refractivity contribution is 0.0827. The number of carbonyl (C=O) groups is 1. The minimum atomic E-state index is -3.74. The molecular formula is C28H30N2O4S. The van der Waals surface area contributed by atoms with Crippen molar-refractivity contribution >= 4 is 27.2 Å². The van der Waals surface area contributed by atoms with E-state index >= 15 is 0 Å². The van der Waals surface area contributed by atoms with Gasteiger partial charge in [-0.3, -0.25) is 9.52 Å². The molecule has 0 bridgehead atoms. The van der Waals surface area contributed by atoms with Gasteiger partial charge >= 0.3 is 0 Å². The van der Waals surface area contributed by atoms with Crippen molar-refractivity contribution in [3.05, 3.63) is 89.0 Å². The summed E-state index contributed by atoms with van der Waals surface area (Å²) in [6.45, 7) is 6.39. The van der Waals surface area contributed by atoms with Gasteiger partial charge in [-0.2, -0.15) is 0 Å². The quantitative estimate of drug-likeness (QED) is 0.422. The van der Waals surface area contributed by atoms with Crippen molar-refractivity contribution in [1.82, 2.24) is 0 Å². The molecule has 1 fully saturated rings. The Kier molecular flexibility index (Phi) is 6.15. The molecule has 0 saturated carbocycles. The Morgan fingerprint density at radius 2 is 1.74 bits per heavy atom. The summed E-state index contributed by atoms with van der Waals surface area (Å²) in [6, 6.07) is 20.3. The monoisotopic (exact) mass is 490 g/mol. The van der Waals surface area contributed by atoms with Crippen LogP contribution in [-0.2, 0) is 14.8 Å². The van der Waals surface area contributed by atoms with Gasteiger partial charge in [0.25, 0.3) is 10.0 Å². The van der Waals surface area contributed by atoms with Gasteiger partial charge in [-0.1, -0.05) is 55.8 Å². The van der Waals surface area contributed by atoms with Crippen LogP contribution in [0.4, 0.5) is 11.4 Å². The second-order valence-corrected chi connectivity index (χ2v) is 11.4. The summed E-state index contributed by atoms with van der Waals surface area (Å²) in [5, 5.41) is 3.61. The number of benzene rings is 3. The van der Waals surface area contributed by atoms with Gasteiger partial charge in [0.15, 0.2) is 5.78 Å². The molecule has 0 aromatic heterocycles. The molecule has 3 atom stereocenters. The van der Waals surface area contributed by atoms with Gasteiger partial charge in [0.05, 0.1) is 17.0 Å². The summed E-state index contributed by atoms with van der Waals surface area (Å²) in [4.78, 5) is 12.5. The Hall–Kier alpha value is -3.16. The van der Waals surface area contributed by atoms with E-state index in [0.29, 0.717) is 12.3 Å². The molecule has 35 heavy (non-hydrogen) atoms. The third kappa shape index (κ3) is 4.58. The van der Waals surface area contributed by atoms with Crippen LogP contribution in [0.3, 0.4) is 0 Å². The summed E-state index contributed by atoms with van der Waals surface area (Å²) in [7, 11) is -3.74. The first kappa shape index (κ1) is 23.6. The number of ketones is 1. The minimum absolute atomic E-state index is 0.0198. The molecule has 2 aliphatic rings. The summed E-state index contributed by atoms with van der Waals surface area (Å²) in [6.07, 6.45) is 0.676. The van der Waals surface area contributed by atoms with Gasteiger partial charge in [-0.25, -0.2) is 8.42 Å². The van der Waals surface area contributed by atoms with Gasteiger partial charge in [0.2, 0.25) is 0 Å². The number of nitrogens with one attached hydrogen (secondary N) is 2. The Balaban J connectivity index is 1.43. The highest BCUT2D eigenvalue weighted by Crippen LogP contribution is 2.50.